The smallest absolute Gasteiger partial charge is 0.267 e. The van der Waals surface area contributed by atoms with Gasteiger partial charge in [-0.25, -0.2) is 0 Å². The number of aromatic nitrogens is 1. The van der Waals surface area contributed by atoms with Gasteiger partial charge >= 0.3 is 0 Å². The number of amides is 2. The summed E-state index contributed by atoms with van der Waals surface area (Å²) in [6.45, 7) is 4.01. The van der Waals surface area contributed by atoms with E-state index in [-0.39, 0.29) is 17.7 Å². The predicted molar refractivity (Wildman–Crippen MR) is 69.5 cm³/mol. The number of pyridine rings is 1. The van der Waals surface area contributed by atoms with Crippen LogP contribution in [0.1, 0.15) is 30.8 Å². The summed E-state index contributed by atoms with van der Waals surface area (Å²) in [5.74, 6) is -0.484. The van der Waals surface area contributed by atoms with Gasteiger partial charge in [0.25, 0.3) is 11.8 Å². The van der Waals surface area contributed by atoms with Crippen molar-refractivity contribution < 1.29 is 14.3 Å². The van der Waals surface area contributed by atoms with Crippen molar-refractivity contribution in [3.8, 4) is 0 Å². The number of hydrogen-bond donors (Lipinski definition) is 2. The molecule has 0 radical (unpaired) electrons. The van der Waals surface area contributed by atoms with Crippen molar-refractivity contribution in [2.24, 2.45) is 11.7 Å². The molecule has 6 nitrogen and oxygen atoms in total. The zero-order valence-corrected chi connectivity index (χ0v) is 10.9. The Morgan fingerprint density at radius 3 is 2.79 bits per heavy atom. The number of carbonyl (C=O) groups excluding carboxylic acids is 2. The molecule has 0 bridgehead atoms. The Bertz CT molecular complexity index is 494. The molecule has 0 saturated carbocycles. The van der Waals surface area contributed by atoms with E-state index in [2.05, 4.69) is 17.2 Å². The summed E-state index contributed by atoms with van der Waals surface area (Å²) in [6, 6.07) is 3.05. The molecule has 0 aromatic carbocycles. The molecule has 102 valence electrons. The van der Waals surface area contributed by atoms with Crippen LogP contribution >= 0.6 is 0 Å². The average Bonchev–Trinajstić information content (AvgIpc) is 2.70. The number of primary amides is 1. The number of ether oxygens (including phenoxy) is 1. The third kappa shape index (κ3) is 3.08. The fraction of sp³-hybridized carbons (Fsp3) is 0.462. The number of rotatable bonds is 3. The molecule has 1 saturated heterocycles. The Morgan fingerprint density at radius 1 is 1.47 bits per heavy atom. The van der Waals surface area contributed by atoms with Gasteiger partial charge in [0.15, 0.2) is 0 Å². The molecule has 1 aliphatic rings. The van der Waals surface area contributed by atoms with Gasteiger partial charge in [-0.1, -0.05) is 6.92 Å². The molecule has 3 N–H and O–H groups in total. The number of nitrogens with one attached hydrogen (secondary N) is 1. The lowest BCUT2D eigenvalue weighted by atomic mass is 10.0. The fourth-order valence-electron chi connectivity index (χ4n) is 2.01. The second-order valence-corrected chi connectivity index (χ2v) is 4.83. The van der Waals surface area contributed by atoms with Crippen LogP contribution in [0.2, 0.25) is 0 Å². The number of hydrogen-bond acceptors (Lipinski definition) is 4. The highest BCUT2D eigenvalue weighted by Gasteiger charge is 2.33. The summed E-state index contributed by atoms with van der Waals surface area (Å²) in [7, 11) is 0. The van der Waals surface area contributed by atoms with E-state index in [1.165, 1.54) is 12.3 Å². The molecule has 0 spiro atoms. The van der Waals surface area contributed by atoms with Crippen molar-refractivity contribution >= 4 is 17.5 Å². The summed E-state index contributed by atoms with van der Waals surface area (Å²) in [5, 5.41) is 2.71. The topological polar surface area (TPSA) is 94.3 Å². The summed E-state index contributed by atoms with van der Waals surface area (Å²) in [6.07, 6.45) is 1.75. The van der Waals surface area contributed by atoms with Crippen molar-refractivity contribution in [2.45, 2.75) is 32.5 Å². The lowest BCUT2D eigenvalue weighted by Gasteiger charge is -2.11. The standard InChI is InChI=1S/C13H17N3O3/c1-7-5-11(19-8(7)2)13(18)16-9-3-4-15-10(6-9)12(14)17/h3-4,6-8,11H,5H2,1-2H3,(H2,14,17)(H,15,16,18)/t7?,8-,11-/m1/s1. The second-order valence-electron chi connectivity index (χ2n) is 4.83. The van der Waals surface area contributed by atoms with Crippen molar-refractivity contribution in [1.82, 2.24) is 4.98 Å². The molecule has 0 aliphatic carbocycles. The van der Waals surface area contributed by atoms with Crippen LogP contribution in [0, 0.1) is 5.92 Å². The minimum atomic E-state index is -0.629. The van der Waals surface area contributed by atoms with E-state index in [4.69, 9.17) is 10.5 Å². The molecule has 1 unspecified atom stereocenters. The Kier molecular flexibility index (Phi) is 3.80. The monoisotopic (exact) mass is 263 g/mol. The van der Waals surface area contributed by atoms with E-state index in [9.17, 15) is 9.59 Å². The highest BCUT2D eigenvalue weighted by molar-refractivity contribution is 5.96. The first-order chi connectivity index (χ1) is 8.97. The minimum absolute atomic E-state index is 0.0781. The number of nitrogens with two attached hydrogens (primary N) is 1. The lowest BCUT2D eigenvalue weighted by molar-refractivity contribution is -0.126. The quantitative estimate of drug-likeness (QED) is 0.848. The molecule has 1 aromatic rings. The van der Waals surface area contributed by atoms with Crippen LogP contribution in [0.5, 0.6) is 0 Å². The Hall–Kier alpha value is -1.95. The van der Waals surface area contributed by atoms with E-state index in [0.717, 1.165) is 0 Å². The summed E-state index contributed by atoms with van der Waals surface area (Å²) < 4.78 is 5.57. The van der Waals surface area contributed by atoms with E-state index in [1.807, 2.05) is 6.92 Å². The summed E-state index contributed by atoms with van der Waals surface area (Å²) >= 11 is 0. The molecule has 2 rings (SSSR count). The van der Waals surface area contributed by atoms with Crippen molar-refractivity contribution in [3.63, 3.8) is 0 Å². The third-order valence-electron chi connectivity index (χ3n) is 3.34. The van der Waals surface area contributed by atoms with Gasteiger partial charge in [-0.3, -0.25) is 14.6 Å². The van der Waals surface area contributed by atoms with Gasteiger partial charge in [-0.2, -0.15) is 0 Å². The van der Waals surface area contributed by atoms with Gasteiger partial charge in [-0.05, 0) is 31.4 Å². The van der Waals surface area contributed by atoms with Gasteiger partial charge in [0, 0.05) is 11.9 Å². The maximum atomic E-state index is 12.0. The highest BCUT2D eigenvalue weighted by atomic mass is 16.5. The Balaban J connectivity index is 2.03. The van der Waals surface area contributed by atoms with Gasteiger partial charge in [-0.15, -0.1) is 0 Å². The van der Waals surface area contributed by atoms with Crippen molar-refractivity contribution in [2.75, 3.05) is 5.32 Å². The first kappa shape index (κ1) is 13.5. The lowest BCUT2D eigenvalue weighted by Crippen LogP contribution is -2.28. The molecule has 19 heavy (non-hydrogen) atoms. The first-order valence-electron chi connectivity index (χ1n) is 6.19. The summed E-state index contributed by atoms with van der Waals surface area (Å²) in [5.41, 5.74) is 5.74. The summed E-state index contributed by atoms with van der Waals surface area (Å²) in [4.78, 5) is 26.8. The SMILES string of the molecule is CC1C[C@H](C(=O)Nc2ccnc(C(N)=O)c2)O[C@@H]1C. The Morgan fingerprint density at radius 2 is 2.21 bits per heavy atom. The molecule has 6 heteroatoms. The van der Waals surface area contributed by atoms with Crippen LogP contribution in [0.25, 0.3) is 0 Å². The van der Waals surface area contributed by atoms with Crippen molar-refractivity contribution in [3.05, 3.63) is 24.0 Å². The van der Waals surface area contributed by atoms with Crippen molar-refractivity contribution in [1.29, 1.82) is 0 Å². The molecular weight excluding hydrogens is 246 g/mol. The normalized spacial score (nSPS) is 26.1. The number of carbonyl (C=O) groups is 2. The van der Waals surface area contributed by atoms with Crippen LogP contribution in [0.3, 0.4) is 0 Å². The van der Waals surface area contributed by atoms with Crippen LogP contribution < -0.4 is 11.1 Å². The van der Waals surface area contributed by atoms with Crippen LogP contribution in [-0.4, -0.2) is 29.0 Å². The van der Waals surface area contributed by atoms with Crippen LogP contribution in [0.4, 0.5) is 5.69 Å². The number of nitrogens with zero attached hydrogens (tertiary/aromatic N) is 1. The van der Waals surface area contributed by atoms with Gasteiger partial charge < -0.3 is 15.8 Å². The third-order valence-corrected chi connectivity index (χ3v) is 3.34. The van der Waals surface area contributed by atoms with Crippen LogP contribution in [0.15, 0.2) is 18.3 Å². The molecule has 1 fully saturated rings. The molecule has 2 heterocycles. The van der Waals surface area contributed by atoms with E-state index >= 15 is 0 Å². The minimum Gasteiger partial charge on any atom is -0.365 e. The predicted octanol–water partition coefficient (Wildman–Crippen LogP) is 0.932. The number of anilines is 1. The maximum Gasteiger partial charge on any atom is 0.267 e. The molecular formula is C13H17N3O3. The largest absolute Gasteiger partial charge is 0.365 e. The average molecular weight is 263 g/mol. The highest BCUT2D eigenvalue weighted by Crippen LogP contribution is 2.26. The molecule has 2 amide bonds. The zero-order chi connectivity index (χ0) is 14.0. The van der Waals surface area contributed by atoms with Gasteiger partial charge in [0.2, 0.25) is 0 Å². The fourth-order valence-corrected chi connectivity index (χ4v) is 2.01. The molecule has 3 atom stereocenters. The molecule has 1 aliphatic heterocycles. The van der Waals surface area contributed by atoms with E-state index < -0.39 is 12.0 Å². The van der Waals surface area contributed by atoms with E-state index in [0.29, 0.717) is 18.0 Å². The van der Waals surface area contributed by atoms with Gasteiger partial charge in [0.05, 0.1) is 6.10 Å². The van der Waals surface area contributed by atoms with Crippen LogP contribution in [-0.2, 0) is 9.53 Å². The van der Waals surface area contributed by atoms with E-state index in [1.54, 1.807) is 6.07 Å². The second kappa shape index (κ2) is 5.36. The maximum absolute atomic E-state index is 12.0. The zero-order valence-electron chi connectivity index (χ0n) is 10.9. The first-order valence-corrected chi connectivity index (χ1v) is 6.19. The molecule has 1 aromatic heterocycles. The Labute approximate surface area is 111 Å². The van der Waals surface area contributed by atoms with Gasteiger partial charge in [0.1, 0.15) is 11.8 Å².